The molecule has 0 N–H and O–H groups in total. The van der Waals surface area contributed by atoms with Crippen LogP contribution in [0.2, 0.25) is 5.02 Å². The Hall–Kier alpha value is -2.67. The molecule has 0 aliphatic heterocycles. The fourth-order valence-electron chi connectivity index (χ4n) is 1.91. The van der Waals surface area contributed by atoms with Crippen molar-refractivity contribution in [3.8, 4) is 5.75 Å². The summed E-state index contributed by atoms with van der Waals surface area (Å²) in [5.74, 6) is -1.13. The molecule has 0 unspecified atom stereocenters. The van der Waals surface area contributed by atoms with E-state index < -0.39 is 22.4 Å². The van der Waals surface area contributed by atoms with Gasteiger partial charge in [0, 0.05) is 16.7 Å². The van der Waals surface area contributed by atoms with Crippen molar-refractivity contribution in [3.63, 3.8) is 0 Å². The van der Waals surface area contributed by atoms with Gasteiger partial charge >= 0.3 is 5.97 Å². The van der Waals surface area contributed by atoms with Crippen molar-refractivity contribution in [2.45, 2.75) is 6.61 Å². The molecule has 0 aromatic heterocycles. The zero-order chi connectivity index (χ0) is 17.0. The quantitative estimate of drug-likeness (QED) is 0.471. The number of methoxy groups -OCH3 is 1. The summed E-state index contributed by atoms with van der Waals surface area (Å²) in [5.41, 5.74) is -0.408. The second-order valence-electron chi connectivity index (χ2n) is 4.45. The number of halogens is 2. The molecule has 0 saturated carbocycles. The number of nitro benzene ring substituents is 1. The number of carbonyl (C=O) groups is 1. The average molecular weight is 340 g/mol. The Kier molecular flexibility index (Phi) is 5.13. The maximum Gasteiger partial charge on any atom is 0.345 e. The third-order valence-electron chi connectivity index (χ3n) is 2.98. The van der Waals surface area contributed by atoms with Gasteiger partial charge in [-0.25, -0.2) is 9.18 Å². The highest BCUT2D eigenvalue weighted by atomic mass is 35.5. The van der Waals surface area contributed by atoms with Crippen LogP contribution in [0.15, 0.2) is 36.4 Å². The second-order valence-corrected chi connectivity index (χ2v) is 4.89. The van der Waals surface area contributed by atoms with Crippen LogP contribution >= 0.6 is 11.6 Å². The number of carbonyl (C=O) groups excluding carboxylic acids is 1. The van der Waals surface area contributed by atoms with E-state index in [-0.39, 0.29) is 17.2 Å². The number of esters is 1. The summed E-state index contributed by atoms with van der Waals surface area (Å²) in [6.07, 6.45) is 0. The third kappa shape index (κ3) is 3.95. The number of ether oxygens (including phenoxy) is 2. The van der Waals surface area contributed by atoms with Gasteiger partial charge in [-0.1, -0.05) is 11.6 Å². The van der Waals surface area contributed by atoms with E-state index in [9.17, 15) is 19.3 Å². The van der Waals surface area contributed by atoms with Gasteiger partial charge in [0.15, 0.2) is 0 Å². The lowest BCUT2D eigenvalue weighted by molar-refractivity contribution is -0.385. The molecule has 0 bridgehead atoms. The molecule has 0 amide bonds. The Morgan fingerprint density at radius 1 is 1.30 bits per heavy atom. The molecule has 2 aromatic rings. The van der Waals surface area contributed by atoms with Gasteiger partial charge in [-0.05, 0) is 30.3 Å². The topological polar surface area (TPSA) is 78.7 Å². The van der Waals surface area contributed by atoms with Gasteiger partial charge in [-0.2, -0.15) is 0 Å². The van der Waals surface area contributed by atoms with Crippen LogP contribution in [0.25, 0.3) is 0 Å². The second kappa shape index (κ2) is 7.06. The van der Waals surface area contributed by atoms with Crippen LogP contribution in [0.5, 0.6) is 5.75 Å². The summed E-state index contributed by atoms with van der Waals surface area (Å²) in [5, 5.41) is 11.1. The number of hydrogen-bond acceptors (Lipinski definition) is 5. The Morgan fingerprint density at radius 3 is 2.70 bits per heavy atom. The minimum absolute atomic E-state index is 0.158. The summed E-state index contributed by atoms with van der Waals surface area (Å²) < 4.78 is 23.3. The first kappa shape index (κ1) is 16.7. The van der Waals surface area contributed by atoms with E-state index in [2.05, 4.69) is 0 Å². The van der Waals surface area contributed by atoms with Crippen molar-refractivity contribution in [1.82, 2.24) is 0 Å². The molecule has 6 nitrogen and oxygen atoms in total. The van der Waals surface area contributed by atoms with Crippen LogP contribution in [0.4, 0.5) is 10.1 Å². The monoisotopic (exact) mass is 339 g/mol. The molecule has 0 spiro atoms. The zero-order valence-corrected chi connectivity index (χ0v) is 12.7. The van der Waals surface area contributed by atoms with Gasteiger partial charge in [0.2, 0.25) is 0 Å². The molecule has 0 heterocycles. The number of hydrogen-bond donors (Lipinski definition) is 0. The summed E-state index contributed by atoms with van der Waals surface area (Å²) in [6, 6.07) is 7.30. The van der Waals surface area contributed by atoms with Crippen molar-refractivity contribution in [2.24, 2.45) is 0 Å². The maximum atomic E-state index is 13.3. The molecule has 2 rings (SSSR count). The lowest BCUT2D eigenvalue weighted by atomic mass is 10.2. The Labute approximate surface area is 135 Å². The summed E-state index contributed by atoms with van der Waals surface area (Å²) in [4.78, 5) is 22.3. The highest BCUT2D eigenvalue weighted by molar-refractivity contribution is 6.31. The fraction of sp³-hybridized carbons (Fsp3) is 0.133. The van der Waals surface area contributed by atoms with Crippen molar-refractivity contribution in [1.29, 1.82) is 0 Å². The Bertz CT molecular complexity index is 766. The van der Waals surface area contributed by atoms with E-state index >= 15 is 0 Å². The molecule has 8 heteroatoms. The van der Waals surface area contributed by atoms with Gasteiger partial charge in [0.05, 0.1) is 12.0 Å². The van der Waals surface area contributed by atoms with Crippen molar-refractivity contribution >= 4 is 23.3 Å². The first-order valence-electron chi connectivity index (χ1n) is 6.36. The molecule has 120 valence electrons. The third-order valence-corrected chi connectivity index (χ3v) is 3.21. The minimum Gasteiger partial charge on any atom is -0.496 e. The van der Waals surface area contributed by atoms with Crippen LogP contribution < -0.4 is 4.74 Å². The smallest absolute Gasteiger partial charge is 0.345 e. The van der Waals surface area contributed by atoms with E-state index in [1.165, 1.54) is 25.3 Å². The first-order chi connectivity index (χ1) is 10.9. The summed E-state index contributed by atoms with van der Waals surface area (Å²) >= 11 is 5.75. The number of nitro groups is 1. The maximum absolute atomic E-state index is 13.3. The summed E-state index contributed by atoms with van der Waals surface area (Å²) in [6.45, 7) is -0.302. The van der Waals surface area contributed by atoms with Crippen molar-refractivity contribution < 1.29 is 23.6 Å². The molecular formula is C15H11ClFNO5. The molecule has 0 radical (unpaired) electrons. The van der Waals surface area contributed by atoms with Crippen molar-refractivity contribution in [2.75, 3.05) is 7.11 Å². The predicted molar refractivity (Wildman–Crippen MR) is 80.2 cm³/mol. The molecule has 0 saturated heterocycles. The Balaban J connectivity index is 2.22. The van der Waals surface area contributed by atoms with E-state index in [1.807, 2.05) is 0 Å². The van der Waals surface area contributed by atoms with Gasteiger partial charge in [0.1, 0.15) is 23.7 Å². The van der Waals surface area contributed by atoms with Crippen LogP contribution in [0.1, 0.15) is 15.9 Å². The number of rotatable bonds is 5. The van der Waals surface area contributed by atoms with Gasteiger partial charge < -0.3 is 9.47 Å². The number of nitrogens with zero attached hydrogens (tertiary/aromatic N) is 1. The van der Waals surface area contributed by atoms with E-state index in [1.54, 1.807) is 0 Å². The molecular weight excluding hydrogens is 329 g/mol. The highest BCUT2D eigenvalue weighted by Crippen LogP contribution is 2.25. The van der Waals surface area contributed by atoms with Crippen LogP contribution in [0.3, 0.4) is 0 Å². The van der Waals surface area contributed by atoms with Crippen molar-refractivity contribution in [3.05, 3.63) is 68.5 Å². The van der Waals surface area contributed by atoms with E-state index in [0.29, 0.717) is 11.3 Å². The normalized spacial score (nSPS) is 10.2. The SMILES string of the molecule is COc1ccc(F)cc1COC(=O)c1cc(Cl)ccc1[N+](=O)[O-]. The van der Waals surface area contributed by atoms with Gasteiger partial charge in [0.25, 0.3) is 5.69 Å². The average Bonchev–Trinajstić information content (AvgIpc) is 2.52. The number of benzene rings is 2. The molecule has 2 aromatic carbocycles. The molecule has 0 fully saturated rings. The fourth-order valence-corrected chi connectivity index (χ4v) is 2.08. The highest BCUT2D eigenvalue weighted by Gasteiger charge is 2.22. The zero-order valence-electron chi connectivity index (χ0n) is 11.9. The molecule has 0 aliphatic rings. The molecule has 0 aliphatic carbocycles. The minimum atomic E-state index is -0.939. The van der Waals surface area contributed by atoms with Crippen LogP contribution in [0, 0.1) is 15.9 Å². The molecule has 23 heavy (non-hydrogen) atoms. The Morgan fingerprint density at radius 2 is 2.04 bits per heavy atom. The van der Waals surface area contributed by atoms with Crippen LogP contribution in [-0.2, 0) is 11.3 Å². The van der Waals surface area contributed by atoms with E-state index in [4.69, 9.17) is 21.1 Å². The van der Waals surface area contributed by atoms with Gasteiger partial charge in [-0.15, -0.1) is 0 Å². The van der Waals surface area contributed by atoms with Gasteiger partial charge in [-0.3, -0.25) is 10.1 Å². The predicted octanol–water partition coefficient (Wildman–Crippen LogP) is 3.75. The molecule has 0 atom stereocenters. The lowest BCUT2D eigenvalue weighted by Gasteiger charge is -2.10. The van der Waals surface area contributed by atoms with Crippen LogP contribution in [-0.4, -0.2) is 18.0 Å². The standard InChI is InChI=1S/C15H11ClFNO5/c1-22-14-5-3-11(17)6-9(14)8-23-15(19)12-7-10(16)2-4-13(12)18(20)21/h2-7H,8H2,1H3. The largest absolute Gasteiger partial charge is 0.496 e. The summed E-state index contributed by atoms with van der Waals surface area (Å²) in [7, 11) is 1.39. The van der Waals surface area contributed by atoms with E-state index in [0.717, 1.165) is 18.2 Å². The first-order valence-corrected chi connectivity index (χ1v) is 6.73. The lowest BCUT2D eigenvalue weighted by Crippen LogP contribution is -2.09.